The summed E-state index contributed by atoms with van der Waals surface area (Å²) in [6, 6.07) is 22.8. The van der Waals surface area contributed by atoms with Crippen molar-refractivity contribution in [3.8, 4) is 22.4 Å². The van der Waals surface area contributed by atoms with Gasteiger partial charge in [0, 0.05) is 49.9 Å². The lowest BCUT2D eigenvalue weighted by molar-refractivity contribution is -0.147. The minimum absolute atomic E-state index is 0.0689. The van der Waals surface area contributed by atoms with Crippen LogP contribution in [0.1, 0.15) is 26.0 Å². The summed E-state index contributed by atoms with van der Waals surface area (Å²) >= 11 is 0. The first-order valence-electron chi connectivity index (χ1n) is 12.7. The second-order valence-electron chi connectivity index (χ2n) is 9.54. The van der Waals surface area contributed by atoms with Crippen molar-refractivity contribution >= 4 is 17.4 Å². The van der Waals surface area contributed by atoms with E-state index in [1.165, 1.54) is 0 Å². The fraction of sp³-hybridized carbons (Fsp3) is 0.345. The fourth-order valence-corrected chi connectivity index (χ4v) is 4.80. The smallest absolute Gasteiger partial charge is 0.307 e. The molecule has 0 amide bonds. The Hall–Kier alpha value is -3.71. The van der Waals surface area contributed by atoms with Crippen LogP contribution in [0, 0.1) is 6.92 Å². The quantitative estimate of drug-likeness (QED) is 0.351. The molecule has 0 radical (unpaired) electrons. The van der Waals surface area contributed by atoms with E-state index in [1.54, 1.807) is 0 Å². The van der Waals surface area contributed by atoms with Gasteiger partial charge in [0.05, 0.1) is 23.9 Å². The summed E-state index contributed by atoms with van der Waals surface area (Å²) in [6.45, 7) is 10.0. The Morgan fingerprint density at radius 1 is 0.944 bits per heavy atom. The number of piperazine rings is 1. The highest BCUT2D eigenvalue weighted by Crippen LogP contribution is 2.32. The average Bonchev–Trinajstić information content (AvgIpc) is 3.23. The Balaban J connectivity index is 1.46. The molecule has 0 unspecified atom stereocenters. The molecule has 5 rings (SSSR count). The van der Waals surface area contributed by atoms with E-state index in [4.69, 9.17) is 14.8 Å². The van der Waals surface area contributed by atoms with E-state index in [2.05, 4.69) is 59.2 Å². The van der Waals surface area contributed by atoms with Crippen LogP contribution in [0.3, 0.4) is 0 Å². The minimum Gasteiger partial charge on any atom is -0.463 e. The third-order valence-electron chi connectivity index (χ3n) is 6.57. The maximum absolute atomic E-state index is 12.0. The standard InChI is InChI=1S/C29H33N5O2/c1-21(2)36-27(35)14-15-32-16-18-33(19-17-32)26-20-25(23-10-6-4-7-11-23)30-29-28(22(3)31-34(26)29)24-12-8-5-9-13-24/h4-13,20-21H,14-19H2,1-3H3. The number of aryl methyl sites for hydroxylation is 1. The number of aromatic nitrogens is 3. The molecule has 186 valence electrons. The van der Waals surface area contributed by atoms with Gasteiger partial charge in [-0.05, 0) is 26.3 Å². The van der Waals surface area contributed by atoms with Crippen molar-refractivity contribution < 1.29 is 9.53 Å². The predicted molar refractivity (Wildman–Crippen MR) is 143 cm³/mol. The number of hydrogen-bond acceptors (Lipinski definition) is 6. The van der Waals surface area contributed by atoms with Crippen molar-refractivity contribution in [2.45, 2.75) is 33.3 Å². The molecular weight excluding hydrogens is 450 g/mol. The van der Waals surface area contributed by atoms with Gasteiger partial charge in [0.2, 0.25) is 0 Å². The highest BCUT2D eigenvalue weighted by molar-refractivity contribution is 5.83. The lowest BCUT2D eigenvalue weighted by Crippen LogP contribution is -2.47. The number of nitrogens with zero attached hydrogens (tertiary/aromatic N) is 5. The van der Waals surface area contributed by atoms with Crippen LogP contribution in [-0.2, 0) is 9.53 Å². The van der Waals surface area contributed by atoms with Crippen molar-refractivity contribution in [2.75, 3.05) is 37.6 Å². The summed E-state index contributed by atoms with van der Waals surface area (Å²) in [7, 11) is 0. The van der Waals surface area contributed by atoms with Crippen molar-refractivity contribution in [3.63, 3.8) is 0 Å². The number of fused-ring (bicyclic) bond motifs is 1. The summed E-state index contributed by atoms with van der Waals surface area (Å²) in [5, 5.41) is 4.94. The Labute approximate surface area is 212 Å². The molecule has 1 fully saturated rings. The molecule has 4 aromatic rings. The molecule has 0 N–H and O–H groups in total. The minimum atomic E-state index is -0.128. The fourth-order valence-electron chi connectivity index (χ4n) is 4.80. The van der Waals surface area contributed by atoms with Crippen LogP contribution < -0.4 is 4.90 Å². The van der Waals surface area contributed by atoms with Crippen molar-refractivity contribution in [3.05, 3.63) is 72.4 Å². The van der Waals surface area contributed by atoms with Crippen molar-refractivity contribution in [1.29, 1.82) is 0 Å². The number of carbonyl (C=O) groups excluding carboxylic acids is 1. The summed E-state index contributed by atoms with van der Waals surface area (Å²) < 4.78 is 7.29. The van der Waals surface area contributed by atoms with E-state index in [0.717, 1.165) is 72.3 Å². The van der Waals surface area contributed by atoms with E-state index >= 15 is 0 Å². The van der Waals surface area contributed by atoms with Crippen LogP contribution in [0.5, 0.6) is 0 Å². The van der Waals surface area contributed by atoms with E-state index in [9.17, 15) is 4.79 Å². The predicted octanol–water partition coefficient (Wildman–Crippen LogP) is 4.84. The molecule has 2 aromatic heterocycles. The molecule has 7 nitrogen and oxygen atoms in total. The largest absolute Gasteiger partial charge is 0.463 e. The second-order valence-corrected chi connectivity index (χ2v) is 9.54. The lowest BCUT2D eigenvalue weighted by atomic mass is 10.1. The summed E-state index contributed by atoms with van der Waals surface area (Å²) in [6.07, 6.45) is 0.356. The van der Waals surface area contributed by atoms with Crippen molar-refractivity contribution in [1.82, 2.24) is 19.5 Å². The molecule has 0 atom stereocenters. The number of benzene rings is 2. The van der Waals surface area contributed by atoms with Gasteiger partial charge in [0.15, 0.2) is 5.65 Å². The Morgan fingerprint density at radius 3 is 2.22 bits per heavy atom. The zero-order chi connectivity index (χ0) is 25.1. The van der Waals surface area contributed by atoms with Gasteiger partial charge < -0.3 is 9.64 Å². The number of ether oxygens (including phenoxy) is 1. The number of carbonyl (C=O) groups is 1. The van der Waals surface area contributed by atoms with Crippen LogP contribution in [-0.4, -0.2) is 64.3 Å². The van der Waals surface area contributed by atoms with Crippen molar-refractivity contribution in [2.24, 2.45) is 0 Å². The molecule has 1 aliphatic heterocycles. The topological polar surface area (TPSA) is 63.0 Å². The molecule has 0 spiro atoms. The SMILES string of the molecule is Cc1nn2c(N3CCN(CCC(=O)OC(C)C)CC3)cc(-c3ccccc3)nc2c1-c1ccccc1. The van der Waals surface area contributed by atoms with Gasteiger partial charge in [0.25, 0.3) is 0 Å². The van der Waals surface area contributed by atoms with Gasteiger partial charge >= 0.3 is 5.97 Å². The molecule has 1 saturated heterocycles. The van der Waals surface area contributed by atoms with E-state index in [0.29, 0.717) is 6.42 Å². The summed E-state index contributed by atoms with van der Waals surface area (Å²) in [5.74, 6) is 0.916. The van der Waals surface area contributed by atoms with E-state index in [1.807, 2.05) is 42.6 Å². The zero-order valence-corrected chi connectivity index (χ0v) is 21.2. The zero-order valence-electron chi connectivity index (χ0n) is 21.2. The number of rotatable bonds is 7. The molecule has 3 heterocycles. The molecule has 1 aliphatic rings. The molecule has 0 bridgehead atoms. The highest BCUT2D eigenvalue weighted by atomic mass is 16.5. The second kappa shape index (κ2) is 10.5. The van der Waals surface area contributed by atoms with Gasteiger partial charge in [-0.2, -0.15) is 9.61 Å². The maximum atomic E-state index is 12.0. The van der Waals surface area contributed by atoms with Crippen LogP contribution in [0.15, 0.2) is 66.7 Å². The Kier molecular flexibility index (Phi) is 7.00. The summed E-state index contributed by atoms with van der Waals surface area (Å²) in [4.78, 5) is 21.8. The number of esters is 1. The third-order valence-corrected chi connectivity index (χ3v) is 6.57. The van der Waals surface area contributed by atoms with Gasteiger partial charge in [-0.3, -0.25) is 9.69 Å². The van der Waals surface area contributed by atoms with Crippen LogP contribution >= 0.6 is 0 Å². The van der Waals surface area contributed by atoms with Gasteiger partial charge in [-0.15, -0.1) is 0 Å². The molecule has 36 heavy (non-hydrogen) atoms. The Morgan fingerprint density at radius 2 is 1.58 bits per heavy atom. The van der Waals surface area contributed by atoms with Gasteiger partial charge in [-0.1, -0.05) is 60.7 Å². The first kappa shape index (κ1) is 24.0. The monoisotopic (exact) mass is 483 g/mol. The molecular formula is C29H33N5O2. The highest BCUT2D eigenvalue weighted by Gasteiger charge is 2.24. The van der Waals surface area contributed by atoms with Crippen LogP contribution in [0.25, 0.3) is 28.0 Å². The first-order valence-corrected chi connectivity index (χ1v) is 12.7. The molecule has 7 heteroatoms. The Bertz CT molecular complexity index is 1330. The van der Waals surface area contributed by atoms with Crippen LogP contribution in [0.4, 0.5) is 5.82 Å². The molecule has 0 aliphatic carbocycles. The first-order chi connectivity index (χ1) is 17.5. The average molecular weight is 484 g/mol. The van der Waals surface area contributed by atoms with Gasteiger partial charge in [0.1, 0.15) is 5.82 Å². The van der Waals surface area contributed by atoms with E-state index < -0.39 is 0 Å². The molecule has 0 saturated carbocycles. The number of hydrogen-bond donors (Lipinski definition) is 0. The normalized spacial score (nSPS) is 14.5. The summed E-state index contributed by atoms with van der Waals surface area (Å²) in [5.41, 5.74) is 6.04. The van der Waals surface area contributed by atoms with Gasteiger partial charge in [-0.25, -0.2) is 4.98 Å². The molecule has 2 aromatic carbocycles. The lowest BCUT2D eigenvalue weighted by Gasteiger charge is -2.36. The van der Waals surface area contributed by atoms with Crippen LogP contribution in [0.2, 0.25) is 0 Å². The van der Waals surface area contributed by atoms with E-state index in [-0.39, 0.29) is 12.1 Å². The third kappa shape index (κ3) is 5.11. The maximum Gasteiger partial charge on any atom is 0.307 e. The number of anilines is 1.